The van der Waals surface area contributed by atoms with E-state index in [-0.39, 0.29) is 5.41 Å². The van der Waals surface area contributed by atoms with Gasteiger partial charge in [-0.2, -0.15) is 5.26 Å². The standard InChI is InChI=1S/C22H37N/c1-3-5-7-15-22(18-23)16-13-21(14-17-22)20-11-9-19(10-12-20)8-6-4-2/h3,5,19-21H,4,6-17H2,1-2H3/b5-3+. The summed E-state index contributed by atoms with van der Waals surface area (Å²) in [6.07, 6.45) is 21.6. The fourth-order valence-electron chi connectivity index (χ4n) is 5.05. The Kier molecular flexibility index (Phi) is 7.68. The van der Waals surface area contributed by atoms with Gasteiger partial charge in [0.05, 0.1) is 11.5 Å². The zero-order chi connectivity index (χ0) is 16.5. The molecule has 0 unspecified atom stereocenters. The van der Waals surface area contributed by atoms with E-state index < -0.39 is 0 Å². The average Bonchev–Trinajstić information content (AvgIpc) is 2.61. The third-order valence-electron chi connectivity index (χ3n) is 6.77. The summed E-state index contributed by atoms with van der Waals surface area (Å²) in [5.41, 5.74) is -0.00562. The van der Waals surface area contributed by atoms with E-state index in [0.29, 0.717) is 0 Å². The van der Waals surface area contributed by atoms with Gasteiger partial charge in [-0.25, -0.2) is 0 Å². The van der Waals surface area contributed by atoms with Crippen molar-refractivity contribution in [3.8, 4) is 6.07 Å². The first kappa shape index (κ1) is 18.6. The van der Waals surface area contributed by atoms with Gasteiger partial charge in [0, 0.05) is 0 Å². The lowest BCUT2D eigenvalue weighted by atomic mass is 9.63. The van der Waals surface area contributed by atoms with E-state index in [9.17, 15) is 5.26 Å². The molecule has 0 heterocycles. The monoisotopic (exact) mass is 315 g/mol. The zero-order valence-electron chi connectivity index (χ0n) is 15.5. The quantitative estimate of drug-likeness (QED) is 0.462. The molecule has 0 aliphatic heterocycles. The Morgan fingerprint density at radius 3 is 2.26 bits per heavy atom. The normalized spacial score (nSPS) is 35.3. The van der Waals surface area contributed by atoms with Crippen LogP contribution in [0.3, 0.4) is 0 Å². The van der Waals surface area contributed by atoms with Crippen molar-refractivity contribution in [2.24, 2.45) is 23.2 Å². The molecule has 0 atom stereocenters. The summed E-state index contributed by atoms with van der Waals surface area (Å²) >= 11 is 0. The highest BCUT2D eigenvalue weighted by Crippen LogP contribution is 2.47. The Morgan fingerprint density at radius 2 is 1.70 bits per heavy atom. The van der Waals surface area contributed by atoms with Crippen LogP contribution >= 0.6 is 0 Å². The van der Waals surface area contributed by atoms with Gasteiger partial charge in [0.25, 0.3) is 0 Å². The van der Waals surface area contributed by atoms with Crippen LogP contribution in [0.2, 0.25) is 0 Å². The van der Waals surface area contributed by atoms with E-state index in [1.54, 1.807) is 0 Å². The molecule has 2 fully saturated rings. The van der Waals surface area contributed by atoms with Gasteiger partial charge in [0.2, 0.25) is 0 Å². The Labute approximate surface area is 144 Å². The SMILES string of the molecule is C/C=C/CCC1(C#N)CCC(C2CCC(CCCC)CC2)CC1. The van der Waals surface area contributed by atoms with Crippen molar-refractivity contribution in [2.75, 3.05) is 0 Å². The minimum absolute atomic E-state index is 0.00562. The van der Waals surface area contributed by atoms with E-state index in [2.05, 4.69) is 32.1 Å². The number of rotatable bonds is 7. The maximum Gasteiger partial charge on any atom is 0.0689 e. The zero-order valence-corrected chi connectivity index (χ0v) is 15.5. The molecule has 130 valence electrons. The van der Waals surface area contributed by atoms with E-state index in [1.165, 1.54) is 57.8 Å². The summed E-state index contributed by atoms with van der Waals surface area (Å²) in [4.78, 5) is 0. The van der Waals surface area contributed by atoms with Crippen LogP contribution in [0.15, 0.2) is 12.2 Å². The van der Waals surface area contributed by atoms with Crippen molar-refractivity contribution in [3.63, 3.8) is 0 Å². The maximum atomic E-state index is 9.68. The summed E-state index contributed by atoms with van der Waals surface area (Å²) in [6, 6.07) is 2.70. The minimum Gasteiger partial charge on any atom is -0.198 e. The van der Waals surface area contributed by atoms with E-state index >= 15 is 0 Å². The van der Waals surface area contributed by atoms with Crippen LogP contribution in [-0.2, 0) is 0 Å². The molecule has 1 nitrogen and oxygen atoms in total. The molecule has 0 N–H and O–H groups in total. The number of allylic oxidation sites excluding steroid dienone is 2. The number of hydrogen-bond acceptors (Lipinski definition) is 1. The second-order valence-electron chi connectivity index (χ2n) is 8.26. The number of nitriles is 1. The number of hydrogen-bond donors (Lipinski definition) is 0. The Balaban J connectivity index is 1.75. The lowest BCUT2D eigenvalue weighted by molar-refractivity contribution is 0.116. The average molecular weight is 316 g/mol. The Bertz CT molecular complexity index is 387. The van der Waals surface area contributed by atoms with Gasteiger partial charge in [-0.1, -0.05) is 51.2 Å². The molecular weight excluding hydrogens is 278 g/mol. The van der Waals surface area contributed by atoms with Crippen molar-refractivity contribution in [2.45, 2.75) is 97.3 Å². The third kappa shape index (κ3) is 5.37. The highest BCUT2D eigenvalue weighted by molar-refractivity contribution is 5.03. The van der Waals surface area contributed by atoms with Gasteiger partial charge in [-0.15, -0.1) is 0 Å². The minimum atomic E-state index is -0.00562. The molecule has 0 aromatic heterocycles. The fraction of sp³-hybridized carbons (Fsp3) is 0.864. The molecule has 2 aliphatic rings. The summed E-state index contributed by atoms with van der Waals surface area (Å²) in [5.74, 6) is 2.92. The van der Waals surface area contributed by atoms with Gasteiger partial charge in [-0.05, 0) is 76.0 Å². The molecule has 2 rings (SSSR count). The van der Waals surface area contributed by atoms with Gasteiger partial charge in [0.1, 0.15) is 0 Å². The maximum absolute atomic E-state index is 9.68. The molecule has 0 bridgehead atoms. The van der Waals surface area contributed by atoms with E-state index in [0.717, 1.165) is 43.4 Å². The van der Waals surface area contributed by atoms with Gasteiger partial charge < -0.3 is 0 Å². The topological polar surface area (TPSA) is 23.8 Å². The third-order valence-corrected chi connectivity index (χ3v) is 6.77. The van der Waals surface area contributed by atoms with Crippen molar-refractivity contribution < 1.29 is 0 Å². The summed E-state index contributed by atoms with van der Waals surface area (Å²) < 4.78 is 0. The van der Waals surface area contributed by atoms with Crippen LogP contribution in [0.25, 0.3) is 0 Å². The van der Waals surface area contributed by atoms with Gasteiger partial charge >= 0.3 is 0 Å². The van der Waals surface area contributed by atoms with Crippen LogP contribution in [0.1, 0.15) is 97.3 Å². The molecule has 0 spiro atoms. The molecule has 2 aliphatic carbocycles. The van der Waals surface area contributed by atoms with Crippen molar-refractivity contribution in [1.82, 2.24) is 0 Å². The summed E-state index contributed by atoms with van der Waals surface area (Å²) in [5, 5.41) is 9.68. The van der Waals surface area contributed by atoms with Gasteiger partial charge in [-0.3, -0.25) is 0 Å². The van der Waals surface area contributed by atoms with Gasteiger partial charge in [0.15, 0.2) is 0 Å². The van der Waals surface area contributed by atoms with Crippen molar-refractivity contribution >= 4 is 0 Å². The summed E-state index contributed by atoms with van der Waals surface area (Å²) in [6.45, 7) is 4.39. The number of unbranched alkanes of at least 4 members (excludes halogenated alkanes) is 1. The molecule has 0 aromatic rings. The molecule has 0 radical (unpaired) electrons. The molecule has 0 saturated heterocycles. The van der Waals surface area contributed by atoms with Crippen LogP contribution < -0.4 is 0 Å². The lowest BCUT2D eigenvalue weighted by Gasteiger charge is -2.40. The highest BCUT2D eigenvalue weighted by atomic mass is 14.4. The predicted molar refractivity (Wildman–Crippen MR) is 99.0 cm³/mol. The van der Waals surface area contributed by atoms with Crippen molar-refractivity contribution in [3.05, 3.63) is 12.2 Å². The Hall–Kier alpha value is -0.770. The molecule has 1 heteroatoms. The number of nitrogens with zero attached hydrogens (tertiary/aromatic N) is 1. The fourth-order valence-corrected chi connectivity index (χ4v) is 5.05. The predicted octanol–water partition coefficient (Wildman–Crippen LogP) is 7.04. The van der Waals surface area contributed by atoms with Crippen LogP contribution in [0, 0.1) is 34.5 Å². The molecule has 0 aromatic carbocycles. The van der Waals surface area contributed by atoms with Crippen LogP contribution in [0.4, 0.5) is 0 Å². The van der Waals surface area contributed by atoms with Crippen LogP contribution in [-0.4, -0.2) is 0 Å². The highest BCUT2D eigenvalue weighted by Gasteiger charge is 2.38. The lowest BCUT2D eigenvalue weighted by Crippen LogP contribution is -2.31. The summed E-state index contributed by atoms with van der Waals surface area (Å²) in [7, 11) is 0. The first-order valence-electron chi connectivity index (χ1n) is 10.3. The van der Waals surface area contributed by atoms with E-state index in [4.69, 9.17) is 0 Å². The first-order chi connectivity index (χ1) is 11.2. The molecule has 0 amide bonds. The Morgan fingerprint density at radius 1 is 1.04 bits per heavy atom. The second kappa shape index (κ2) is 9.51. The molecule has 2 saturated carbocycles. The first-order valence-corrected chi connectivity index (χ1v) is 10.3. The second-order valence-corrected chi connectivity index (χ2v) is 8.26. The van der Waals surface area contributed by atoms with E-state index in [1.807, 2.05) is 0 Å². The van der Waals surface area contributed by atoms with Crippen LogP contribution in [0.5, 0.6) is 0 Å². The van der Waals surface area contributed by atoms with Crippen molar-refractivity contribution in [1.29, 1.82) is 5.26 Å². The smallest absolute Gasteiger partial charge is 0.0689 e. The molecular formula is C22H37N. The molecule has 23 heavy (non-hydrogen) atoms. The largest absolute Gasteiger partial charge is 0.198 e.